The number of carbonyl (C=O) groups excluding carboxylic acids is 2. The molecular weight excluding hydrogens is 318 g/mol. The number of hydrogen-bond donors (Lipinski definition) is 2. The standard InChI is InChI=1S/C19H25N3O3/c1-4-25-19(24)22-11-9-21(10-12-22)14(3)18(23)17-13(2)20-16-8-6-5-7-15(16)17/h5-8,14,20H,4,9-12H2,1-3H3/p+1/t14-/m1/s1. The average Bonchev–Trinajstić information content (AvgIpc) is 2.96. The summed E-state index contributed by atoms with van der Waals surface area (Å²) in [7, 11) is 0. The number of aromatic amines is 1. The van der Waals surface area contributed by atoms with E-state index in [2.05, 4.69) is 4.98 Å². The lowest BCUT2D eigenvalue weighted by Gasteiger charge is -2.34. The van der Waals surface area contributed by atoms with Crippen LogP contribution >= 0.6 is 0 Å². The van der Waals surface area contributed by atoms with Crippen molar-refractivity contribution in [3.05, 3.63) is 35.5 Å². The fraction of sp³-hybridized carbons (Fsp3) is 0.474. The van der Waals surface area contributed by atoms with Crippen molar-refractivity contribution in [2.45, 2.75) is 26.8 Å². The van der Waals surface area contributed by atoms with E-state index in [-0.39, 0.29) is 17.9 Å². The zero-order valence-electron chi connectivity index (χ0n) is 15.1. The minimum atomic E-state index is -0.256. The monoisotopic (exact) mass is 344 g/mol. The second kappa shape index (κ2) is 7.27. The van der Waals surface area contributed by atoms with Gasteiger partial charge in [0.2, 0.25) is 5.78 Å². The average molecular weight is 344 g/mol. The number of hydrogen-bond acceptors (Lipinski definition) is 3. The molecule has 0 aliphatic carbocycles. The van der Waals surface area contributed by atoms with Gasteiger partial charge in [-0.25, -0.2) is 4.79 Å². The van der Waals surface area contributed by atoms with Crippen LogP contribution in [-0.4, -0.2) is 60.6 Å². The van der Waals surface area contributed by atoms with E-state index in [1.807, 2.05) is 45.0 Å². The second-order valence-corrected chi connectivity index (χ2v) is 6.60. The summed E-state index contributed by atoms with van der Waals surface area (Å²) in [5.74, 6) is 0.162. The summed E-state index contributed by atoms with van der Waals surface area (Å²) in [6.07, 6.45) is -0.256. The molecule has 0 unspecified atom stereocenters. The van der Waals surface area contributed by atoms with E-state index >= 15 is 0 Å². The van der Waals surface area contributed by atoms with Gasteiger partial charge in [0.1, 0.15) is 6.04 Å². The number of piperazine rings is 1. The van der Waals surface area contributed by atoms with Crippen LogP contribution in [0.4, 0.5) is 4.79 Å². The summed E-state index contributed by atoms with van der Waals surface area (Å²) in [6.45, 7) is 8.90. The Morgan fingerprint density at radius 3 is 2.64 bits per heavy atom. The summed E-state index contributed by atoms with van der Waals surface area (Å²) in [5.41, 5.74) is 2.71. The SMILES string of the molecule is CCOC(=O)N1CC[NH+]([C@H](C)C(=O)c2c(C)[nH]c3ccccc23)CC1. The molecule has 0 spiro atoms. The summed E-state index contributed by atoms with van der Waals surface area (Å²) in [5, 5.41) is 0.987. The number of Topliss-reactive ketones (excluding diaryl/α,β-unsaturated/α-hetero) is 1. The molecular formula is C19H26N3O3+. The molecule has 134 valence electrons. The molecule has 0 bridgehead atoms. The molecule has 0 radical (unpaired) electrons. The molecule has 1 amide bonds. The molecule has 25 heavy (non-hydrogen) atoms. The van der Waals surface area contributed by atoms with Crippen LogP contribution in [0.1, 0.15) is 29.9 Å². The molecule has 1 aliphatic heterocycles. The predicted octanol–water partition coefficient (Wildman–Crippen LogP) is 1.40. The Balaban J connectivity index is 1.71. The Kier molecular flexibility index (Phi) is 5.08. The number of carbonyl (C=O) groups is 2. The third-order valence-electron chi connectivity index (χ3n) is 5.08. The minimum absolute atomic E-state index is 0.137. The van der Waals surface area contributed by atoms with E-state index in [9.17, 15) is 9.59 Å². The van der Waals surface area contributed by atoms with Gasteiger partial charge >= 0.3 is 6.09 Å². The lowest BCUT2D eigenvalue weighted by atomic mass is 10.0. The zero-order valence-corrected chi connectivity index (χ0v) is 15.1. The first kappa shape index (κ1) is 17.5. The van der Waals surface area contributed by atoms with E-state index < -0.39 is 0 Å². The lowest BCUT2D eigenvalue weighted by molar-refractivity contribution is -0.917. The van der Waals surface area contributed by atoms with Crippen molar-refractivity contribution in [1.29, 1.82) is 0 Å². The van der Waals surface area contributed by atoms with Gasteiger partial charge in [-0.05, 0) is 26.8 Å². The highest BCUT2D eigenvalue weighted by Gasteiger charge is 2.33. The molecule has 1 atom stereocenters. The van der Waals surface area contributed by atoms with E-state index in [1.165, 1.54) is 4.90 Å². The number of fused-ring (bicyclic) bond motifs is 1. The minimum Gasteiger partial charge on any atom is -0.450 e. The first-order chi connectivity index (χ1) is 12.0. The Bertz CT molecular complexity index is 775. The molecule has 1 saturated heterocycles. The topological polar surface area (TPSA) is 66.8 Å². The molecule has 2 heterocycles. The van der Waals surface area contributed by atoms with Crippen molar-refractivity contribution in [3.8, 4) is 0 Å². The van der Waals surface area contributed by atoms with Crippen molar-refractivity contribution in [1.82, 2.24) is 9.88 Å². The van der Waals surface area contributed by atoms with Crippen LogP contribution in [-0.2, 0) is 4.74 Å². The van der Waals surface area contributed by atoms with Crippen molar-refractivity contribution in [3.63, 3.8) is 0 Å². The summed E-state index contributed by atoms with van der Waals surface area (Å²) in [4.78, 5) is 31.2. The van der Waals surface area contributed by atoms with Crippen molar-refractivity contribution >= 4 is 22.8 Å². The number of rotatable bonds is 4. The fourth-order valence-corrected chi connectivity index (χ4v) is 3.62. The van der Waals surface area contributed by atoms with Gasteiger partial charge in [0.15, 0.2) is 0 Å². The number of benzene rings is 1. The van der Waals surface area contributed by atoms with Crippen LogP contribution in [0, 0.1) is 6.92 Å². The Hall–Kier alpha value is -2.34. The number of para-hydroxylation sites is 1. The molecule has 1 aromatic heterocycles. The van der Waals surface area contributed by atoms with Crippen molar-refractivity contribution in [2.75, 3.05) is 32.8 Å². The lowest BCUT2D eigenvalue weighted by Crippen LogP contribution is -3.18. The fourth-order valence-electron chi connectivity index (χ4n) is 3.62. The number of H-pyrrole nitrogens is 1. The van der Waals surface area contributed by atoms with Crippen LogP contribution in [0.2, 0.25) is 0 Å². The molecule has 2 N–H and O–H groups in total. The molecule has 1 fully saturated rings. The van der Waals surface area contributed by atoms with Crippen LogP contribution in [0.3, 0.4) is 0 Å². The molecule has 1 aliphatic rings. The van der Waals surface area contributed by atoms with Gasteiger partial charge < -0.3 is 14.6 Å². The van der Waals surface area contributed by atoms with Crippen LogP contribution in [0.5, 0.6) is 0 Å². The van der Waals surface area contributed by atoms with Gasteiger partial charge in [-0.15, -0.1) is 0 Å². The van der Waals surface area contributed by atoms with Gasteiger partial charge in [0.25, 0.3) is 0 Å². The molecule has 6 heteroatoms. The second-order valence-electron chi connectivity index (χ2n) is 6.60. The molecule has 3 rings (SSSR count). The molecule has 1 aromatic carbocycles. The van der Waals surface area contributed by atoms with E-state index in [1.54, 1.807) is 4.90 Å². The maximum Gasteiger partial charge on any atom is 0.410 e. The highest BCUT2D eigenvalue weighted by molar-refractivity contribution is 6.10. The van der Waals surface area contributed by atoms with Crippen LogP contribution in [0.25, 0.3) is 10.9 Å². The Labute approximate surface area is 147 Å². The third kappa shape index (κ3) is 3.39. The van der Waals surface area contributed by atoms with Gasteiger partial charge in [-0.1, -0.05) is 18.2 Å². The number of ketones is 1. The zero-order chi connectivity index (χ0) is 18.0. The van der Waals surface area contributed by atoms with Gasteiger partial charge in [0, 0.05) is 16.6 Å². The van der Waals surface area contributed by atoms with E-state index in [4.69, 9.17) is 4.74 Å². The number of quaternary nitrogens is 1. The number of nitrogens with one attached hydrogen (secondary N) is 2. The highest BCUT2D eigenvalue weighted by Crippen LogP contribution is 2.22. The van der Waals surface area contributed by atoms with Gasteiger partial charge in [-0.3, -0.25) is 9.69 Å². The number of nitrogens with zero attached hydrogens (tertiary/aromatic N) is 1. The number of ether oxygens (including phenoxy) is 1. The normalized spacial score (nSPS) is 16.8. The highest BCUT2D eigenvalue weighted by atomic mass is 16.6. The predicted molar refractivity (Wildman–Crippen MR) is 96.1 cm³/mol. The maximum absolute atomic E-state index is 13.1. The third-order valence-corrected chi connectivity index (χ3v) is 5.08. The largest absolute Gasteiger partial charge is 0.450 e. The summed E-state index contributed by atoms with van der Waals surface area (Å²) in [6, 6.07) is 7.78. The molecule has 6 nitrogen and oxygen atoms in total. The smallest absolute Gasteiger partial charge is 0.410 e. The van der Waals surface area contributed by atoms with Crippen molar-refractivity contribution < 1.29 is 19.2 Å². The summed E-state index contributed by atoms with van der Waals surface area (Å²) >= 11 is 0. The Morgan fingerprint density at radius 1 is 1.28 bits per heavy atom. The van der Waals surface area contributed by atoms with E-state index in [0.717, 1.165) is 35.2 Å². The van der Waals surface area contributed by atoms with Crippen molar-refractivity contribution in [2.24, 2.45) is 0 Å². The first-order valence-corrected chi connectivity index (χ1v) is 8.90. The van der Waals surface area contributed by atoms with Crippen LogP contribution < -0.4 is 4.90 Å². The quantitative estimate of drug-likeness (QED) is 0.824. The molecule has 0 saturated carbocycles. The molecule has 2 aromatic rings. The maximum atomic E-state index is 13.1. The summed E-state index contributed by atoms with van der Waals surface area (Å²) < 4.78 is 5.05. The first-order valence-electron chi connectivity index (χ1n) is 8.90. The van der Waals surface area contributed by atoms with Gasteiger partial charge in [0.05, 0.1) is 38.3 Å². The van der Waals surface area contributed by atoms with Crippen LogP contribution in [0.15, 0.2) is 24.3 Å². The Morgan fingerprint density at radius 2 is 1.96 bits per heavy atom. The number of aryl methyl sites for hydroxylation is 1. The number of amides is 1. The van der Waals surface area contributed by atoms with Gasteiger partial charge in [-0.2, -0.15) is 0 Å². The van der Waals surface area contributed by atoms with E-state index in [0.29, 0.717) is 19.7 Å². The number of aromatic nitrogens is 1.